The summed E-state index contributed by atoms with van der Waals surface area (Å²) in [5.41, 5.74) is -0.603. The molecule has 112 valence electrons. The standard InChI is InChI=1S/C17H18F2O2/c1-11(18)17(12(2)19,13-3-7-15(20)8-4-13)14-5-9-16(21)10-6-14/h3-12,20-21H,1-2H3. The molecule has 2 rings (SSSR count). The number of phenolic OH excluding ortho intramolecular Hbond substituents is 2. The molecule has 2 nitrogen and oxygen atoms in total. The van der Waals surface area contributed by atoms with Crippen LogP contribution in [0.15, 0.2) is 48.5 Å². The van der Waals surface area contributed by atoms with Crippen LogP contribution < -0.4 is 0 Å². The number of rotatable bonds is 4. The van der Waals surface area contributed by atoms with Crippen molar-refractivity contribution in [3.63, 3.8) is 0 Å². The van der Waals surface area contributed by atoms with E-state index in [9.17, 15) is 19.0 Å². The van der Waals surface area contributed by atoms with Crippen molar-refractivity contribution in [2.24, 2.45) is 0 Å². The fourth-order valence-corrected chi connectivity index (χ4v) is 2.88. The first-order valence-corrected chi connectivity index (χ1v) is 6.76. The summed E-state index contributed by atoms with van der Waals surface area (Å²) in [6.07, 6.45) is -2.99. The van der Waals surface area contributed by atoms with Gasteiger partial charge in [-0.3, -0.25) is 0 Å². The summed E-state index contributed by atoms with van der Waals surface area (Å²) in [6, 6.07) is 11.7. The van der Waals surface area contributed by atoms with Crippen LogP contribution in [-0.2, 0) is 5.41 Å². The first-order valence-electron chi connectivity index (χ1n) is 6.76. The lowest BCUT2D eigenvalue weighted by Gasteiger charge is -2.38. The van der Waals surface area contributed by atoms with Crippen LogP contribution in [0.25, 0.3) is 0 Å². The molecule has 0 saturated carbocycles. The Hall–Kier alpha value is -2.10. The highest BCUT2D eigenvalue weighted by Crippen LogP contribution is 2.42. The van der Waals surface area contributed by atoms with Crippen molar-refractivity contribution in [3.8, 4) is 11.5 Å². The number of hydrogen-bond donors (Lipinski definition) is 2. The van der Waals surface area contributed by atoms with Crippen LogP contribution in [0, 0.1) is 0 Å². The topological polar surface area (TPSA) is 40.5 Å². The fraction of sp³-hybridized carbons (Fsp3) is 0.294. The molecule has 2 unspecified atom stereocenters. The molecule has 0 aliphatic heterocycles. The van der Waals surface area contributed by atoms with Gasteiger partial charge >= 0.3 is 0 Å². The predicted molar refractivity (Wildman–Crippen MR) is 78.1 cm³/mol. The van der Waals surface area contributed by atoms with Gasteiger partial charge in [0.1, 0.15) is 23.8 Å². The average Bonchev–Trinajstić information content (AvgIpc) is 2.43. The first kappa shape index (κ1) is 15.3. The van der Waals surface area contributed by atoms with E-state index < -0.39 is 17.8 Å². The molecule has 0 aliphatic carbocycles. The maximum absolute atomic E-state index is 14.5. The molecule has 0 aromatic heterocycles. The Morgan fingerprint density at radius 2 is 1.00 bits per heavy atom. The van der Waals surface area contributed by atoms with Gasteiger partial charge in [0.2, 0.25) is 0 Å². The second-order valence-electron chi connectivity index (χ2n) is 5.19. The third-order valence-corrected chi connectivity index (χ3v) is 3.94. The van der Waals surface area contributed by atoms with E-state index in [4.69, 9.17) is 0 Å². The van der Waals surface area contributed by atoms with E-state index in [-0.39, 0.29) is 11.5 Å². The van der Waals surface area contributed by atoms with Crippen molar-refractivity contribution < 1.29 is 19.0 Å². The zero-order valence-electron chi connectivity index (χ0n) is 11.9. The smallest absolute Gasteiger partial charge is 0.115 e. The number of alkyl halides is 2. The Labute approximate surface area is 122 Å². The minimum Gasteiger partial charge on any atom is -0.508 e. The van der Waals surface area contributed by atoms with Gasteiger partial charge in [0, 0.05) is 0 Å². The molecule has 2 aromatic rings. The Kier molecular flexibility index (Phi) is 4.16. The number of phenols is 2. The number of hydrogen-bond acceptors (Lipinski definition) is 2. The number of benzene rings is 2. The van der Waals surface area contributed by atoms with E-state index in [1.165, 1.54) is 62.4 Å². The van der Waals surface area contributed by atoms with Crippen molar-refractivity contribution in [3.05, 3.63) is 59.7 Å². The molecule has 4 heteroatoms. The molecule has 0 radical (unpaired) electrons. The normalized spacial score (nSPS) is 14.7. The molecule has 0 amide bonds. The second kappa shape index (κ2) is 5.72. The molecule has 0 spiro atoms. The number of aromatic hydroxyl groups is 2. The minimum atomic E-state index is -1.49. The van der Waals surface area contributed by atoms with Gasteiger partial charge in [-0.15, -0.1) is 0 Å². The van der Waals surface area contributed by atoms with E-state index in [0.29, 0.717) is 11.1 Å². The van der Waals surface area contributed by atoms with E-state index >= 15 is 0 Å². The van der Waals surface area contributed by atoms with Gasteiger partial charge in [-0.05, 0) is 49.2 Å². The monoisotopic (exact) mass is 292 g/mol. The average molecular weight is 292 g/mol. The van der Waals surface area contributed by atoms with Gasteiger partial charge < -0.3 is 10.2 Å². The summed E-state index contributed by atoms with van der Waals surface area (Å²) in [4.78, 5) is 0. The van der Waals surface area contributed by atoms with Gasteiger partial charge in [-0.2, -0.15) is 0 Å². The van der Waals surface area contributed by atoms with Crippen LogP contribution in [0.1, 0.15) is 25.0 Å². The molecule has 2 N–H and O–H groups in total. The van der Waals surface area contributed by atoms with Crippen molar-refractivity contribution in [1.82, 2.24) is 0 Å². The van der Waals surface area contributed by atoms with Gasteiger partial charge in [0.15, 0.2) is 0 Å². The molecule has 0 heterocycles. The summed E-state index contributed by atoms with van der Waals surface area (Å²) in [7, 11) is 0. The largest absolute Gasteiger partial charge is 0.508 e. The lowest BCUT2D eigenvalue weighted by atomic mass is 9.68. The highest BCUT2D eigenvalue weighted by Gasteiger charge is 2.45. The lowest BCUT2D eigenvalue weighted by molar-refractivity contribution is 0.139. The summed E-state index contributed by atoms with van der Waals surface area (Å²) in [6.45, 7) is 2.63. The molecule has 2 aromatic carbocycles. The SMILES string of the molecule is CC(F)C(c1ccc(O)cc1)(c1ccc(O)cc1)C(C)F. The Bertz CT molecular complexity index is 534. The summed E-state index contributed by atoms with van der Waals surface area (Å²) in [5, 5.41) is 18.8. The summed E-state index contributed by atoms with van der Waals surface area (Å²) < 4.78 is 29.0. The van der Waals surface area contributed by atoms with Gasteiger partial charge in [0.05, 0.1) is 5.41 Å². The van der Waals surface area contributed by atoms with E-state index in [2.05, 4.69) is 0 Å². The van der Waals surface area contributed by atoms with Crippen LogP contribution >= 0.6 is 0 Å². The summed E-state index contributed by atoms with van der Waals surface area (Å²) >= 11 is 0. The van der Waals surface area contributed by atoms with Crippen molar-refractivity contribution >= 4 is 0 Å². The van der Waals surface area contributed by atoms with Crippen molar-refractivity contribution in [2.75, 3.05) is 0 Å². The van der Waals surface area contributed by atoms with Gasteiger partial charge in [-0.25, -0.2) is 8.78 Å². The molecule has 0 fully saturated rings. The van der Waals surface area contributed by atoms with E-state index in [1.54, 1.807) is 0 Å². The van der Waals surface area contributed by atoms with E-state index in [0.717, 1.165) is 0 Å². The number of halogens is 2. The van der Waals surface area contributed by atoms with Crippen molar-refractivity contribution in [1.29, 1.82) is 0 Å². The Morgan fingerprint density at radius 3 is 1.24 bits per heavy atom. The molecule has 0 aliphatic rings. The molecule has 0 saturated heterocycles. The molecular weight excluding hydrogens is 274 g/mol. The molecule has 0 bridgehead atoms. The minimum absolute atomic E-state index is 0.0383. The predicted octanol–water partition coefficient (Wildman–Crippen LogP) is 4.10. The van der Waals surface area contributed by atoms with Crippen LogP contribution in [0.3, 0.4) is 0 Å². The first-order chi connectivity index (χ1) is 9.88. The highest BCUT2D eigenvalue weighted by molar-refractivity contribution is 5.45. The third kappa shape index (κ3) is 2.58. The maximum atomic E-state index is 14.5. The lowest BCUT2D eigenvalue weighted by Crippen LogP contribution is -2.44. The molecule has 21 heavy (non-hydrogen) atoms. The van der Waals surface area contributed by atoms with Gasteiger partial charge in [0.25, 0.3) is 0 Å². The fourth-order valence-electron chi connectivity index (χ4n) is 2.88. The summed E-state index contributed by atoms with van der Waals surface area (Å²) in [5.74, 6) is 0.0766. The second-order valence-corrected chi connectivity index (χ2v) is 5.19. The Morgan fingerprint density at radius 1 is 0.714 bits per heavy atom. The van der Waals surface area contributed by atoms with Crippen molar-refractivity contribution in [2.45, 2.75) is 31.6 Å². The zero-order valence-corrected chi connectivity index (χ0v) is 11.9. The molecule has 2 atom stereocenters. The third-order valence-electron chi connectivity index (χ3n) is 3.94. The molecular formula is C17H18F2O2. The maximum Gasteiger partial charge on any atom is 0.115 e. The van der Waals surface area contributed by atoms with E-state index in [1.807, 2.05) is 0 Å². The van der Waals surface area contributed by atoms with Crippen LogP contribution in [-0.4, -0.2) is 22.6 Å². The van der Waals surface area contributed by atoms with Crippen LogP contribution in [0.2, 0.25) is 0 Å². The Balaban J connectivity index is 2.69. The van der Waals surface area contributed by atoms with Gasteiger partial charge in [-0.1, -0.05) is 24.3 Å². The highest BCUT2D eigenvalue weighted by atomic mass is 19.1. The zero-order chi connectivity index (χ0) is 15.6. The van der Waals surface area contributed by atoms with Crippen LogP contribution in [0.4, 0.5) is 8.78 Å². The quantitative estimate of drug-likeness (QED) is 0.890. The van der Waals surface area contributed by atoms with Crippen LogP contribution in [0.5, 0.6) is 11.5 Å².